The van der Waals surface area contributed by atoms with Crippen LogP contribution in [0.4, 0.5) is 5.69 Å². The van der Waals surface area contributed by atoms with E-state index >= 15 is 0 Å². The molecule has 25 heavy (non-hydrogen) atoms. The van der Waals surface area contributed by atoms with Gasteiger partial charge < -0.3 is 14.2 Å². The molecule has 0 bridgehead atoms. The fourth-order valence-electron chi connectivity index (χ4n) is 2.21. The van der Waals surface area contributed by atoms with Crippen molar-refractivity contribution in [1.82, 2.24) is 0 Å². The lowest BCUT2D eigenvalue weighted by Crippen LogP contribution is -2.16. The molecular formula is C15H14ClNO6S2. The molecule has 1 aliphatic heterocycles. The predicted octanol–water partition coefficient (Wildman–Crippen LogP) is 3.15. The van der Waals surface area contributed by atoms with Crippen molar-refractivity contribution in [3.8, 4) is 11.5 Å². The van der Waals surface area contributed by atoms with E-state index in [1.165, 1.54) is 30.7 Å². The molecule has 7 nitrogen and oxygen atoms in total. The minimum Gasteiger partial charge on any atom is -0.490 e. The fraction of sp³-hybridized carbons (Fsp3) is 0.267. The number of carbonyl (C=O) groups is 1. The Bertz CT molecular complexity index is 909. The van der Waals surface area contributed by atoms with Crippen LogP contribution < -0.4 is 14.2 Å². The molecule has 0 atom stereocenters. The van der Waals surface area contributed by atoms with Gasteiger partial charge in [0.25, 0.3) is 10.0 Å². The number of ether oxygens (including phenoxy) is 3. The molecule has 0 saturated heterocycles. The van der Waals surface area contributed by atoms with E-state index in [9.17, 15) is 13.2 Å². The third-order valence-corrected chi connectivity index (χ3v) is 6.12. The second kappa shape index (κ2) is 7.11. The number of fused-ring (bicyclic) bond motifs is 1. The normalized spacial score (nSPS) is 13.8. The topological polar surface area (TPSA) is 90.9 Å². The van der Waals surface area contributed by atoms with Crippen LogP contribution in [0.2, 0.25) is 5.02 Å². The first-order chi connectivity index (χ1) is 11.9. The summed E-state index contributed by atoms with van der Waals surface area (Å²) in [5.41, 5.74) is 0.132. The molecule has 2 aromatic rings. The molecule has 0 unspecified atom stereocenters. The minimum absolute atomic E-state index is 0.0135. The van der Waals surface area contributed by atoms with E-state index in [0.717, 1.165) is 11.3 Å². The standard InChI is InChI=1S/C15H14ClNO6S2/c1-21-15(18)14-13(3-6-24-14)25(19,20)17-10-8-12-11(7-9(10)16)22-4-2-5-23-12/h3,6-8,17H,2,4-5H2,1H3. The van der Waals surface area contributed by atoms with Crippen molar-refractivity contribution in [2.75, 3.05) is 25.0 Å². The summed E-state index contributed by atoms with van der Waals surface area (Å²) in [6, 6.07) is 4.29. The Labute approximate surface area is 153 Å². The van der Waals surface area contributed by atoms with Gasteiger partial charge >= 0.3 is 5.97 Å². The van der Waals surface area contributed by atoms with Crippen LogP contribution >= 0.6 is 22.9 Å². The fourth-order valence-corrected chi connectivity index (χ4v) is 4.88. The number of methoxy groups -OCH3 is 1. The molecular weight excluding hydrogens is 390 g/mol. The number of thiophene rings is 1. The van der Waals surface area contributed by atoms with Gasteiger partial charge in [-0.1, -0.05) is 11.6 Å². The van der Waals surface area contributed by atoms with E-state index in [2.05, 4.69) is 9.46 Å². The maximum absolute atomic E-state index is 12.6. The Balaban J connectivity index is 1.95. The Hall–Kier alpha value is -1.97. The summed E-state index contributed by atoms with van der Waals surface area (Å²) in [6.45, 7) is 0.948. The molecule has 1 aliphatic rings. The van der Waals surface area contributed by atoms with Crippen molar-refractivity contribution >= 4 is 44.6 Å². The highest BCUT2D eigenvalue weighted by molar-refractivity contribution is 7.93. The van der Waals surface area contributed by atoms with E-state index in [4.69, 9.17) is 21.1 Å². The number of rotatable bonds is 4. The molecule has 2 heterocycles. The van der Waals surface area contributed by atoms with Gasteiger partial charge in [0.15, 0.2) is 11.5 Å². The number of carbonyl (C=O) groups excluding carboxylic acids is 1. The predicted molar refractivity (Wildman–Crippen MR) is 93.5 cm³/mol. The lowest BCUT2D eigenvalue weighted by Gasteiger charge is -2.13. The number of halogens is 1. The van der Waals surface area contributed by atoms with Gasteiger partial charge in [-0.05, 0) is 11.4 Å². The van der Waals surface area contributed by atoms with E-state index in [1.54, 1.807) is 0 Å². The minimum atomic E-state index is -4.04. The van der Waals surface area contributed by atoms with Crippen LogP contribution in [-0.2, 0) is 14.8 Å². The molecule has 0 radical (unpaired) electrons. The van der Waals surface area contributed by atoms with Crippen molar-refractivity contribution in [1.29, 1.82) is 0 Å². The molecule has 1 aromatic heterocycles. The Kier molecular flexibility index (Phi) is 5.07. The summed E-state index contributed by atoms with van der Waals surface area (Å²) in [4.78, 5) is 11.5. The van der Waals surface area contributed by atoms with Gasteiger partial charge in [0.1, 0.15) is 9.77 Å². The Morgan fingerprint density at radius 1 is 1.28 bits per heavy atom. The Morgan fingerprint density at radius 2 is 1.96 bits per heavy atom. The van der Waals surface area contributed by atoms with E-state index in [-0.39, 0.29) is 20.5 Å². The summed E-state index contributed by atoms with van der Waals surface area (Å²) in [7, 11) is -2.85. The zero-order chi connectivity index (χ0) is 18.0. The molecule has 0 fully saturated rings. The van der Waals surface area contributed by atoms with Gasteiger partial charge in [0.05, 0.1) is 31.0 Å². The van der Waals surface area contributed by atoms with Crippen LogP contribution in [-0.4, -0.2) is 34.7 Å². The average Bonchev–Trinajstić information content (AvgIpc) is 2.97. The van der Waals surface area contributed by atoms with Crippen LogP contribution in [0.1, 0.15) is 16.1 Å². The first-order valence-electron chi connectivity index (χ1n) is 7.20. The van der Waals surface area contributed by atoms with Gasteiger partial charge in [0, 0.05) is 18.6 Å². The average molecular weight is 404 g/mol. The highest BCUT2D eigenvalue weighted by atomic mass is 35.5. The maximum Gasteiger partial charge on any atom is 0.349 e. The van der Waals surface area contributed by atoms with Crippen LogP contribution in [0.3, 0.4) is 0 Å². The molecule has 3 rings (SSSR count). The summed E-state index contributed by atoms with van der Waals surface area (Å²) in [6.07, 6.45) is 0.713. The summed E-state index contributed by atoms with van der Waals surface area (Å²) >= 11 is 7.14. The molecule has 0 saturated carbocycles. The van der Waals surface area contributed by atoms with Crippen molar-refractivity contribution in [2.45, 2.75) is 11.3 Å². The van der Waals surface area contributed by atoms with Gasteiger partial charge in [-0.3, -0.25) is 4.72 Å². The third kappa shape index (κ3) is 3.68. The van der Waals surface area contributed by atoms with Crippen LogP contribution in [0, 0.1) is 0 Å². The van der Waals surface area contributed by atoms with Crippen molar-refractivity contribution in [3.05, 3.63) is 33.5 Å². The summed E-state index contributed by atoms with van der Waals surface area (Å²) in [5.74, 6) is 0.134. The van der Waals surface area contributed by atoms with Gasteiger partial charge in [0.2, 0.25) is 0 Å². The SMILES string of the molecule is COC(=O)c1sccc1S(=O)(=O)Nc1cc2c(cc1Cl)OCCCO2. The second-order valence-corrected chi connectivity index (χ2v) is 8.01. The van der Waals surface area contributed by atoms with Crippen molar-refractivity contribution in [3.63, 3.8) is 0 Å². The quantitative estimate of drug-likeness (QED) is 0.788. The largest absolute Gasteiger partial charge is 0.490 e. The number of nitrogens with one attached hydrogen (secondary N) is 1. The highest BCUT2D eigenvalue weighted by Crippen LogP contribution is 2.38. The van der Waals surface area contributed by atoms with E-state index in [0.29, 0.717) is 31.1 Å². The lowest BCUT2D eigenvalue weighted by molar-refractivity contribution is 0.0602. The number of hydrogen-bond acceptors (Lipinski definition) is 7. The summed E-state index contributed by atoms with van der Waals surface area (Å²) < 4.78 is 43.3. The molecule has 10 heteroatoms. The van der Waals surface area contributed by atoms with Crippen molar-refractivity contribution in [2.24, 2.45) is 0 Å². The molecule has 1 N–H and O–H groups in total. The van der Waals surface area contributed by atoms with Crippen LogP contribution in [0.5, 0.6) is 11.5 Å². The Morgan fingerprint density at radius 3 is 2.64 bits per heavy atom. The number of anilines is 1. The molecule has 0 amide bonds. The smallest absolute Gasteiger partial charge is 0.349 e. The van der Waals surface area contributed by atoms with Gasteiger partial charge in [-0.15, -0.1) is 11.3 Å². The zero-order valence-electron chi connectivity index (χ0n) is 13.1. The van der Waals surface area contributed by atoms with Gasteiger partial charge in [-0.2, -0.15) is 0 Å². The van der Waals surface area contributed by atoms with E-state index < -0.39 is 16.0 Å². The van der Waals surface area contributed by atoms with Crippen LogP contribution in [0.25, 0.3) is 0 Å². The lowest BCUT2D eigenvalue weighted by atomic mass is 10.3. The zero-order valence-corrected chi connectivity index (χ0v) is 15.5. The molecule has 0 spiro atoms. The number of sulfonamides is 1. The third-order valence-electron chi connectivity index (χ3n) is 3.37. The molecule has 0 aliphatic carbocycles. The number of benzene rings is 1. The van der Waals surface area contributed by atoms with Gasteiger partial charge in [-0.25, -0.2) is 13.2 Å². The molecule has 134 valence electrons. The first kappa shape index (κ1) is 17.8. The number of esters is 1. The summed E-state index contributed by atoms with van der Waals surface area (Å²) in [5, 5.41) is 1.65. The van der Waals surface area contributed by atoms with Crippen LogP contribution in [0.15, 0.2) is 28.5 Å². The maximum atomic E-state index is 12.6. The van der Waals surface area contributed by atoms with Crippen molar-refractivity contribution < 1.29 is 27.4 Å². The first-order valence-corrected chi connectivity index (χ1v) is 9.94. The number of hydrogen-bond donors (Lipinski definition) is 1. The second-order valence-electron chi connectivity index (χ2n) is 5.04. The molecule has 1 aromatic carbocycles. The van der Waals surface area contributed by atoms with E-state index in [1.807, 2.05) is 0 Å². The highest BCUT2D eigenvalue weighted by Gasteiger charge is 2.26. The monoisotopic (exact) mass is 403 g/mol.